The van der Waals surface area contributed by atoms with Crippen molar-refractivity contribution in [2.24, 2.45) is 0 Å². The third-order valence-electron chi connectivity index (χ3n) is 4.01. The fraction of sp³-hybridized carbons (Fsp3) is 0.300. The second kappa shape index (κ2) is 8.87. The van der Waals surface area contributed by atoms with Crippen LogP contribution >= 0.6 is 0 Å². The maximum absolute atomic E-state index is 12.3. The second-order valence-corrected chi connectivity index (χ2v) is 5.77. The van der Waals surface area contributed by atoms with E-state index in [1.165, 1.54) is 0 Å². The molecule has 2 aromatic rings. The van der Waals surface area contributed by atoms with Crippen molar-refractivity contribution >= 4 is 23.4 Å². The molecule has 0 bridgehead atoms. The number of para-hydroxylation sites is 1. The molecule has 25 heavy (non-hydrogen) atoms. The summed E-state index contributed by atoms with van der Waals surface area (Å²) in [7, 11) is 0. The van der Waals surface area contributed by atoms with E-state index >= 15 is 0 Å². The molecule has 0 saturated carbocycles. The van der Waals surface area contributed by atoms with Crippen LogP contribution < -0.4 is 10.6 Å². The van der Waals surface area contributed by atoms with E-state index in [4.69, 9.17) is 4.74 Å². The van der Waals surface area contributed by atoms with E-state index < -0.39 is 0 Å². The van der Waals surface area contributed by atoms with Gasteiger partial charge in [0.05, 0.1) is 12.2 Å². The topological polar surface area (TPSA) is 67.4 Å². The summed E-state index contributed by atoms with van der Waals surface area (Å²) in [5, 5.41) is 5.66. The standard InChI is InChI=1S/C20H24N2O3/c1-4-14(3)17-8-6-7-9-18(17)22-20(24)21-16-12-10-15(11-13-16)19(23)25-5-2/h6-14H,4-5H2,1-3H3,(H2,21,22,24). The van der Waals surface area contributed by atoms with Gasteiger partial charge >= 0.3 is 12.0 Å². The van der Waals surface area contributed by atoms with Crippen molar-refractivity contribution in [1.82, 2.24) is 0 Å². The molecule has 0 saturated heterocycles. The molecular weight excluding hydrogens is 316 g/mol. The van der Waals surface area contributed by atoms with Gasteiger partial charge in [0.25, 0.3) is 0 Å². The Balaban J connectivity index is 2.02. The van der Waals surface area contributed by atoms with E-state index in [0.29, 0.717) is 23.8 Å². The van der Waals surface area contributed by atoms with E-state index in [-0.39, 0.29) is 12.0 Å². The van der Waals surface area contributed by atoms with Gasteiger partial charge in [0, 0.05) is 11.4 Å². The summed E-state index contributed by atoms with van der Waals surface area (Å²) in [6.07, 6.45) is 0.996. The van der Waals surface area contributed by atoms with Crippen LogP contribution in [-0.2, 0) is 4.74 Å². The molecule has 2 aromatic carbocycles. The number of nitrogens with one attached hydrogen (secondary N) is 2. The van der Waals surface area contributed by atoms with Crippen LogP contribution in [0.25, 0.3) is 0 Å². The van der Waals surface area contributed by atoms with Gasteiger partial charge in [-0.15, -0.1) is 0 Å². The maximum atomic E-state index is 12.3. The van der Waals surface area contributed by atoms with Crippen LogP contribution in [0, 0.1) is 0 Å². The van der Waals surface area contributed by atoms with Crippen LogP contribution in [0.1, 0.15) is 49.0 Å². The highest BCUT2D eigenvalue weighted by Gasteiger charge is 2.11. The van der Waals surface area contributed by atoms with Crippen molar-refractivity contribution in [3.8, 4) is 0 Å². The normalized spacial score (nSPS) is 11.5. The number of benzene rings is 2. The zero-order valence-electron chi connectivity index (χ0n) is 14.8. The molecule has 2 N–H and O–H groups in total. The van der Waals surface area contributed by atoms with E-state index in [1.807, 2.05) is 24.3 Å². The van der Waals surface area contributed by atoms with E-state index in [1.54, 1.807) is 31.2 Å². The van der Waals surface area contributed by atoms with Crippen LogP contribution in [0.3, 0.4) is 0 Å². The molecule has 0 fully saturated rings. The number of anilines is 2. The van der Waals surface area contributed by atoms with Crippen LogP contribution in [0.5, 0.6) is 0 Å². The summed E-state index contributed by atoms with van der Waals surface area (Å²) in [6, 6.07) is 14.1. The van der Waals surface area contributed by atoms with Crippen molar-refractivity contribution in [2.75, 3.05) is 17.2 Å². The predicted molar refractivity (Wildman–Crippen MR) is 100 cm³/mol. The highest BCUT2D eigenvalue weighted by Crippen LogP contribution is 2.26. The summed E-state index contributed by atoms with van der Waals surface area (Å²) >= 11 is 0. The number of hydrogen-bond donors (Lipinski definition) is 2. The lowest BCUT2D eigenvalue weighted by Gasteiger charge is -2.16. The van der Waals surface area contributed by atoms with Crippen LogP contribution in [0.2, 0.25) is 0 Å². The molecule has 0 radical (unpaired) electrons. The van der Waals surface area contributed by atoms with Crippen molar-refractivity contribution in [3.63, 3.8) is 0 Å². The number of hydrogen-bond acceptors (Lipinski definition) is 3. The number of rotatable bonds is 6. The third-order valence-corrected chi connectivity index (χ3v) is 4.01. The molecular formula is C20H24N2O3. The molecule has 0 spiro atoms. The third kappa shape index (κ3) is 5.08. The van der Waals surface area contributed by atoms with Crippen molar-refractivity contribution < 1.29 is 14.3 Å². The Hall–Kier alpha value is -2.82. The van der Waals surface area contributed by atoms with Gasteiger partial charge in [-0.2, -0.15) is 0 Å². The number of carbonyl (C=O) groups excluding carboxylic acids is 2. The van der Waals surface area contributed by atoms with Gasteiger partial charge in [0.15, 0.2) is 0 Å². The molecule has 1 unspecified atom stereocenters. The molecule has 2 amide bonds. The minimum absolute atomic E-state index is 0.320. The van der Waals surface area contributed by atoms with E-state index in [0.717, 1.165) is 17.7 Å². The van der Waals surface area contributed by atoms with Crippen LogP contribution in [0.4, 0.5) is 16.2 Å². The lowest BCUT2D eigenvalue weighted by atomic mass is 9.97. The van der Waals surface area contributed by atoms with Crippen LogP contribution in [-0.4, -0.2) is 18.6 Å². The minimum atomic E-state index is -0.374. The van der Waals surface area contributed by atoms with Gasteiger partial charge in [-0.25, -0.2) is 9.59 Å². The Morgan fingerprint density at radius 3 is 2.32 bits per heavy atom. The molecule has 2 rings (SSSR count). The Morgan fingerprint density at radius 2 is 1.68 bits per heavy atom. The lowest BCUT2D eigenvalue weighted by Crippen LogP contribution is -2.20. The SMILES string of the molecule is CCOC(=O)c1ccc(NC(=O)Nc2ccccc2C(C)CC)cc1. The molecule has 0 aliphatic carbocycles. The first-order valence-electron chi connectivity index (χ1n) is 8.49. The number of carbonyl (C=O) groups is 2. The highest BCUT2D eigenvalue weighted by atomic mass is 16.5. The summed E-state index contributed by atoms with van der Waals surface area (Å²) in [6.45, 7) is 6.34. The first-order chi connectivity index (χ1) is 12.0. The second-order valence-electron chi connectivity index (χ2n) is 5.77. The van der Waals surface area contributed by atoms with Gasteiger partial charge in [0.1, 0.15) is 0 Å². The van der Waals surface area contributed by atoms with E-state index in [2.05, 4.69) is 24.5 Å². The van der Waals surface area contributed by atoms with Gasteiger partial charge in [0.2, 0.25) is 0 Å². The average molecular weight is 340 g/mol. The van der Waals surface area contributed by atoms with Crippen molar-refractivity contribution in [3.05, 3.63) is 59.7 Å². The van der Waals surface area contributed by atoms with Crippen LogP contribution in [0.15, 0.2) is 48.5 Å². The number of ether oxygens (including phenoxy) is 1. The molecule has 5 nitrogen and oxygen atoms in total. The quantitative estimate of drug-likeness (QED) is 0.726. The van der Waals surface area contributed by atoms with Gasteiger partial charge in [-0.1, -0.05) is 32.0 Å². The first kappa shape index (κ1) is 18.5. The summed E-state index contributed by atoms with van der Waals surface area (Å²) in [5.41, 5.74) is 2.97. The Labute approximate surface area is 148 Å². The summed E-state index contributed by atoms with van der Waals surface area (Å²) < 4.78 is 4.94. The molecule has 1 atom stereocenters. The molecule has 0 aliphatic heterocycles. The van der Waals surface area contributed by atoms with E-state index in [9.17, 15) is 9.59 Å². The van der Waals surface area contributed by atoms with Gasteiger partial charge in [-0.3, -0.25) is 0 Å². The Bertz CT molecular complexity index is 726. The molecule has 0 aliphatic rings. The largest absolute Gasteiger partial charge is 0.462 e. The Kier molecular flexibility index (Phi) is 6.57. The zero-order valence-corrected chi connectivity index (χ0v) is 14.8. The Morgan fingerprint density at radius 1 is 1.00 bits per heavy atom. The summed E-state index contributed by atoms with van der Waals surface area (Å²) in [5.74, 6) is -0.0126. The molecule has 0 aromatic heterocycles. The number of amides is 2. The highest BCUT2D eigenvalue weighted by molar-refractivity contribution is 6.00. The zero-order chi connectivity index (χ0) is 18.2. The average Bonchev–Trinajstić information content (AvgIpc) is 2.62. The fourth-order valence-corrected chi connectivity index (χ4v) is 2.45. The molecule has 5 heteroatoms. The van der Waals surface area contributed by atoms with Crippen molar-refractivity contribution in [2.45, 2.75) is 33.1 Å². The number of urea groups is 1. The summed E-state index contributed by atoms with van der Waals surface area (Å²) in [4.78, 5) is 23.9. The number of esters is 1. The lowest BCUT2D eigenvalue weighted by molar-refractivity contribution is 0.0526. The first-order valence-corrected chi connectivity index (χ1v) is 8.49. The predicted octanol–water partition coefficient (Wildman–Crippen LogP) is 5.02. The monoisotopic (exact) mass is 340 g/mol. The molecule has 0 heterocycles. The maximum Gasteiger partial charge on any atom is 0.338 e. The van der Waals surface area contributed by atoms with Crippen molar-refractivity contribution in [1.29, 1.82) is 0 Å². The fourth-order valence-electron chi connectivity index (χ4n) is 2.45. The van der Waals surface area contributed by atoms with Gasteiger partial charge < -0.3 is 15.4 Å². The molecule has 132 valence electrons. The van der Waals surface area contributed by atoms with Gasteiger partial charge in [-0.05, 0) is 55.2 Å². The minimum Gasteiger partial charge on any atom is -0.462 e. The smallest absolute Gasteiger partial charge is 0.338 e.